The Balaban J connectivity index is 4.14. The average molecular weight is 256 g/mol. The van der Waals surface area contributed by atoms with Gasteiger partial charge in [0.2, 0.25) is 0 Å². The van der Waals surface area contributed by atoms with Crippen molar-refractivity contribution in [2.75, 3.05) is 33.2 Å². The van der Waals surface area contributed by atoms with Gasteiger partial charge in [-0.25, -0.2) is 0 Å². The lowest BCUT2D eigenvalue weighted by Gasteiger charge is -2.23. The summed E-state index contributed by atoms with van der Waals surface area (Å²) in [7, 11) is 2.11. The van der Waals surface area contributed by atoms with Crippen LogP contribution in [-0.4, -0.2) is 49.6 Å². The third-order valence-electron chi connectivity index (χ3n) is 2.57. The molecule has 0 fully saturated rings. The lowest BCUT2D eigenvalue weighted by Crippen LogP contribution is -2.41. The summed E-state index contributed by atoms with van der Waals surface area (Å²) in [6.07, 6.45) is 2.43. The van der Waals surface area contributed by atoms with Crippen LogP contribution in [0, 0.1) is 0 Å². The first-order chi connectivity index (χ1) is 8.40. The molecule has 0 atom stereocenters. The standard InChI is InChI=1S/C14H32N4/c1-7-9-12-18(6)13(15-8-2)16-10-11-17-14(3,4)5/h17H,7-12H2,1-6H3,(H,15,16). The number of hydrogen-bond acceptors (Lipinski definition) is 2. The van der Waals surface area contributed by atoms with Crippen molar-refractivity contribution in [1.29, 1.82) is 0 Å². The molecule has 18 heavy (non-hydrogen) atoms. The van der Waals surface area contributed by atoms with E-state index in [1.807, 2.05) is 0 Å². The molecule has 0 heterocycles. The summed E-state index contributed by atoms with van der Waals surface area (Å²) in [6, 6.07) is 0. The summed E-state index contributed by atoms with van der Waals surface area (Å²) in [6.45, 7) is 14.6. The minimum absolute atomic E-state index is 0.169. The molecule has 0 radical (unpaired) electrons. The largest absolute Gasteiger partial charge is 0.357 e. The highest BCUT2D eigenvalue weighted by atomic mass is 15.3. The quantitative estimate of drug-likeness (QED) is 0.416. The molecule has 0 aliphatic rings. The number of rotatable bonds is 7. The summed E-state index contributed by atoms with van der Waals surface area (Å²) in [5.41, 5.74) is 0.169. The van der Waals surface area contributed by atoms with Crippen molar-refractivity contribution in [1.82, 2.24) is 15.5 Å². The summed E-state index contributed by atoms with van der Waals surface area (Å²) < 4.78 is 0. The van der Waals surface area contributed by atoms with Crippen molar-refractivity contribution >= 4 is 5.96 Å². The topological polar surface area (TPSA) is 39.7 Å². The van der Waals surface area contributed by atoms with E-state index in [1.165, 1.54) is 12.8 Å². The van der Waals surface area contributed by atoms with Crippen LogP contribution in [0.1, 0.15) is 47.5 Å². The Morgan fingerprint density at radius 1 is 1.22 bits per heavy atom. The van der Waals surface area contributed by atoms with Gasteiger partial charge in [0.15, 0.2) is 5.96 Å². The SMILES string of the molecule is CCCCN(C)C(=NCCNC(C)(C)C)NCC. The van der Waals surface area contributed by atoms with Gasteiger partial charge in [-0.3, -0.25) is 4.99 Å². The van der Waals surface area contributed by atoms with Crippen molar-refractivity contribution in [3.63, 3.8) is 0 Å². The molecule has 0 bridgehead atoms. The number of aliphatic imine (C=N–C) groups is 1. The van der Waals surface area contributed by atoms with E-state index in [9.17, 15) is 0 Å². The van der Waals surface area contributed by atoms with Crippen LogP contribution in [0.5, 0.6) is 0 Å². The second-order valence-electron chi connectivity index (χ2n) is 5.69. The lowest BCUT2D eigenvalue weighted by atomic mass is 10.1. The van der Waals surface area contributed by atoms with Crippen molar-refractivity contribution in [2.45, 2.75) is 53.0 Å². The van der Waals surface area contributed by atoms with Crippen molar-refractivity contribution < 1.29 is 0 Å². The molecule has 0 unspecified atom stereocenters. The fourth-order valence-electron chi connectivity index (χ4n) is 1.56. The molecule has 0 aliphatic heterocycles. The van der Waals surface area contributed by atoms with Gasteiger partial charge in [0, 0.05) is 32.2 Å². The minimum Gasteiger partial charge on any atom is -0.357 e. The molecular formula is C14H32N4. The normalized spacial score (nSPS) is 12.7. The zero-order valence-electron chi connectivity index (χ0n) is 13.1. The van der Waals surface area contributed by atoms with E-state index in [2.05, 4.69) is 62.2 Å². The number of nitrogens with one attached hydrogen (secondary N) is 2. The Labute approximate surface area is 113 Å². The van der Waals surface area contributed by atoms with Crippen molar-refractivity contribution in [3.05, 3.63) is 0 Å². The molecular weight excluding hydrogens is 224 g/mol. The Hall–Kier alpha value is -0.770. The van der Waals surface area contributed by atoms with Gasteiger partial charge in [0.05, 0.1) is 6.54 Å². The Morgan fingerprint density at radius 2 is 1.89 bits per heavy atom. The zero-order chi connectivity index (χ0) is 14.0. The highest BCUT2D eigenvalue weighted by molar-refractivity contribution is 5.79. The van der Waals surface area contributed by atoms with Gasteiger partial charge in [-0.1, -0.05) is 13.3 Å². The third kappa shape index (κ3) is 9.28. The molecule has 0 aromatic heterocycles. The van der Waals surface area contributed by atoms with Crippen LogP contribution in [0.25, 0.3) is 0 Å². The maximum absolute atomic E-state index is 4.64. The second kappa shape index (κ2) is 9.20. The van der Waals surface area contributed by atoms with E-state index in [0.717, 1.165) is 32.1 Å². The molecule has 0 saturated heterocycles. The smallest absolute Gasteiger partial charge is 0.193 e. The summed E-state index contributed by atoms with van der Waals surface area (Å²) in [5, 5.41) is 6.79. The van der Waals surface area contributed by atoms with Crippen LogP contribution in [0.4, 0.5) is 0 Å². The molecule has 0 saturated carbocycles. The van der Waals surface area contributed by atoms with Crippen LogP contribution >= 0.6 is 0 Å². The number of unbranched alkanes of at least 4 members (excludes halogenated alkanes) is 1. The van der Waals surface area contributed by atoms with Crippen LogP contribution in [0.2, 0.25) is 0 Å². The van der Waals surface area contributed by atoms with E-state index in [-0.39, 0.29) is 5.54 Å². The van der Waals surface area contributed by atoms with Crippen LogP contribution in [0.15, 0.2) is 4.99 Å². The maximum atomic E-state index is 4.64. The number of guanidine groups is 1. The van der Waals surface area contributed by atoms with E-state index < -0.39 is 0 Å². The van der Waals surface area contributed by atoms with E-state index in [1.54, 1.807) is 0 Å². The summed E-state index contributed by atoms with van der Waals surface area (Å²) >= 11 is 0. The Morgan fingerprint density at radius 3 is 2.39 bits per heavy atom. The van der Waals surface area contributed by atoms with E-state index in [4.69, 9.17) is 0 Å². The van der Waals surface area contributed by atoms with Gasteiger partial charge in [-0.05, 0) is 34.1 Å². The van der Waals surface area contributed by atoms with Gasteiger partial charge in [0.25, 0.3) is 0 Å². The molecule has 4 nitrogen and oxygen atoms in total. The first kappa shape index (κ1) is 17.2. The van der Waals surface area contributed by atoms with Crippen molar-refractivity contribution in [2.24, 2.45) is 4.99 Å². The Bertz CT molecular complexity index is 230. The molecule has 2 N–H and O–H groups in total. The lowest BCUT2D eigenvalue weighted by molar-refractivity contribution is 0.429. The van der Waals surface area contributed by atoms with Gasteiger partial charge >= 0.3 is 0 Å². The van der Waals surface area contributed by atoms with Crippen LogP contribution in [0.3, 0.4) is 0 Å². The Kier molecular flexibility index (Phi) is 8.81. The molecule has 4 heteroatoms. The van der Waals surface area contributed by atoms with Gasteiger partial charge in [-0.15, -0.1) is 0 Å². The fraction of sp³-hybridized carbons (Fsp3) is 0.929. The fourth-order valence-corrected chi connectivity index (χ4v) is 1.56. The molecule has 0 aliphatic carbocycles. The summed E-state index contributed by atoms with van der Waals surface area (Å²) in [4.78, 5) is 6.85. The van der Waals surface area contributed by atoms with Gasteiger partial charge in [0.1, 0.15) is 0 Å². The molecule has 0 spiro atoms. The van der Waals surface area contributed by atoms with Crippen LogP contribution in [-0.2, 0) is 0 Å². The first-order valence-corrected chi connectivity index (χ1v) is 7.15. The second-order valence-corrected chi connectivity index (χ2v) is 5.69. The van der Waals surface area contributed by atoms with Gasteiger partial charge in [-0.2, -0.15) is 0 Å². The van der Waals surface area contributed by atoms with E-state index >= 15 is 0 Å². The molecule has 108 valence electrons. The zero-order valence-corrected chi connectivity index (χ0v) is 13.1. The first-order valence-electron chi connectivity index (χ1n) is 7.15. The molecule has 0 amide bonds. The average Bonchev–Trinajstić information content (AvgIpc) is 2.28. The van der Waals surface area contributed by atoms with Gasteiger partial charge < -0.3 is 15.5 Å². The monoisotopic (exact) mass is 256 g/mol. The highest BCUT2D eigenvalue weighted by Gasteiger charge is 2.08. The highest BCUT2D eigenvalue weighted by Crippen LogP contribution is 1.97. The minimum atomic E-state index is 0.169. The molecule has 0 aromatic carbocycles. The maximum Gasteiger partial charge on any atom is 0.193 e. The predicted octanol–water partition coefficient (Wildman–Crippen LogP) is 2.07. The number of hydrogen-bond donors (Lipinski definition) is 2. The van der Waals surface area contributed by atoms with E-state index in [0.29, 0.717) is 0 Å². The molecule has 0 rings (SSSR count). The van der Waals surface area contributed by atoms with Crippen molar-refractivity contribution in [3.8, 4) is 0 Å². The number of nitrogens with zero attached hydrogens (tertiary/aromatic N) is 2. The third-order valence-corrected chi connectivity index (χ3v) is 2.57. The molecule has 0 aromatic rings. The summed E-state index contributed by atoms with van der Waals surface area (Å²) in [5.74, 6) is 1.02. The van der Waals surface area contributed by atoms with Crippen LogP contribution < -0.4 is 10.6 Å². The predicted molar refractivity (Wildman–Crippen MR) is 81.3 cm³/mol.